The average molecular weight is 259 g/mol. The molecule has 0 heterocycles. The van der Waals surface area contributed by atoms with E-state index in [4.69, 9.17) is 0 Å². The van der Waals surface area contributed by atoms with Gasteiger partial charge < -0.3 is 10.0 Å². The number of carbonyl (C=O) groups excluding carboxylic acids is 3. The Balaban J connectivity index is 2.69. The van der Waals surface area contributed by atoms with Gasteiger partial charge in [0.15, 0.2) is 5.76 Å². The van der Waals surface area contributed by atoms with Crippen molar-refractivity contribution in [3.8, 4) is 0 Å². The van der Waals surface area contributed by atoms with Gasteiger partial charge in [-0.2, -0.15) is 0 Å². The summed E-state index contributed by atoms with van der Waals surface area (Å²) < 4.78 is 0. The summed E-state index contributed by atoms with van der Waals surface area (Å²) in [4.78, 5) is 36.6. The molecule has 0 spiro atoms. The van der Waals surface area contributed by atoms with Crippen LogP contribution in [0.5, 0.6) is 0 Å². The second kappa shape index (κ2) is 4.68. The number of ketones is 2. The molecule has 1 aromatic carbocycles. The van der Waals surface area contributed by atoms with Crippen molar-refractivity contribution < 1.29 is 19.5 Å². The first kappa shape index (κ1) is 13.0. The van der Waals surface area contributed by atoms with Gasteiger partial charge in [-0.05, 0) is 6.92 Å². The van der Waals surface area contributed by atoms with Crippen molar-refractivity contribution in [2.45, 2.75) is 13.8 Å². The van der Waals surface area contributed by atoms with Crippen LogP contribution < -0.4 is 0 Å². The number of nitrogens with zero attached hydrogens (tertiary/aromatic N) is 1. The van der Waals surface area contributed by atoms with Crippen molar-refractivity contribution in [3.63, 3.8) is 0 Å². The van der Waals surface area contributed by atoms with E-state index >= 15 is 0 Å². The summed E-state index contributed by atoms with van der Waals surface area (Å²) in [6.07, 6.45) is 0. The Kier molecular flexibility index (Phi) is 3.21. The van der Waals surface area contributed by atoms with Gasteiger partial charge in [-0.15, -0.1) is 0 Å². The van der Waals surface area contributed by atoms with Gasteiger partial charge in [0.05, 0.1) is 0 Å². The minimum atomic E-state index is -0.853. The molecule has 0 unspecified atom stereocenters. The molecule has 0 fully saturated rings. The van der Waals surface area contributed by atoms with Gasteiger partial charge in [-0.25, -0.2) is 0 Å². The first-order valence-corrected chi connectivity index (χ1v) is 5.88. The molecule has 1 aliphatic carbocycles. The van der Waals surface area contributed by atoms with Crippen molar-refractivity contribution in [1.29, 1.82) is 0 Å². The Hall–Kier alpha value is -2.43. The van der Waals surface area contributed by atoms with E-state index in [1.165, 1.54) is 13.0 Å². The van der Waals surface area contributed by atoms with Crippen LogP contribution in [-0.4, -0.2) is 34.0 Å². The maximum absolute atomic E-state index is 12.0. The smallest absolute Gasteiger partial charge is 0.253 e. The highest BCUT2D eigenvalue weighted by Gasteiger charge is 2.36. The molecule has 0 saturated carbocycles. The van der Waals surface area contributed by atoms with Gasteiger partial charge in [-0.1, -0.05) is 24.3 Å². The van der Waals surface area contributed by atoms with Crippen LogP contribution in [0.1, 0.15) is 29.8 Å². The fourth-order valence-corrected chi connectivity index (χ4v) is 2.14. The highest BCUT2D eigenvalue weighted by Crippen LogP contribution is 2.29. The molecular weight excluding hydrogens is 246 g/mol. The topological polar surface area (TPSA) is 74.7 Å². The third-order valence-corrected chi connectivity index (χ3v) is 3.04. The second-order valence-electron chi connectivity index (χ2n) is 4.16. The molecule has 98 valence electrons. The first-order valence-electron chi connectivity index (χ1n) is 5.88. The number of hydrogen-bond acceptors (Lipinski definition) is 4. The van der Waals surface area contributed by atoms with Gasteiger partial charge in [-0.3, -0.25) is 14.4 Å². The lowest BCUT2D eigenvalue weighted by molar-refractivity contribution is -0.129. The van der Waals surface area contributed by atoms with Crippen LogP contribution in [0, 0.1) is 0 Å². The predicted molar refractivity (Wildman–Crippen MR) is 68.4 cm³/mol. The van der Waals surface area contributed by atoms with E-state index in [2.05, 4.69) is 0 Å². The summed E-state index contributed by atoms with van der Waals surface area (Å²) in [6.45, 7) is 3.15. The second-order valence-corrected chi connectivity index (χ2v) is 4.16. The van der Waals surface area contributed by atoms with Gasteiger partial charge >= 0.3 is 0 Å². The fraction of sp³-hybridized carbons (Fsp3) is 0.214. The zero-order valence-electron chi connectivity index (χ0n) is 10.6. The molecule has 5 nitrogen and oxygen atoms in total. The van der Waals surface area contributed by atoms with Crippen LogP contribution in [0.4, 0.5) is 0 Å². The van der Waals surface area contributed by atoms with Crippen LogP contribution in [-0.2, 0) is 9.59 Å². The maximum atomic E-state index is 12.0. The lowest BCUT2D eigenvalue weighted by Crippen LogP contribution is -2.38. The van der Waals surface area contributed by atoms with Crippen LogP contribution in [0.15, 0.2) is 30.0 Å². The van der Waals surface area contributed by atoms with Crippen molar-refractivity contribution >= 4 is 23.2 Å². The van der Waals surface area contributed by atoms with E-state index in [1.807, 2.05) is 0 Å². The van der Waals surface area contributed by atoms with E-state index in [9.17, 15) is 19.5 Å². The molecule has 1 aromatic rings. The fourth-order valence-electron chi connectivity index (χ4n) is 2.14. The number of aliphatic hydroxyl groups is 1. The number of likely N-dealkylation sites (N-methyl/N-ethyl adjacent to an activating group) is 1. The van der Waals surface area contributed by atoms with Crippen molar-refractivity contribution in [2.24, 2.45) is 0 Å². The summed E-state index contributed by atoms with van der Waals surface area (Å²) >= 11 is 0. The molecule has 5 heteroatoms. The Morgan fingerprint density at radius 3 is 2.26 bits per heavy atom. The molecule has 1 amide bonds. The lowest BCUT2D eigenvalue weighted by atomic mass is 9.91. The standard InChI is InChI=1S/C14H13NO4/c1-3-15(8(2)16)11-12(17)9-6-4-5-7-10(9)13(18)14(11)19/h4-7,17H,3H2,1-2H3. The predicted octanol–water partition coefficient (Wildman–Crippen LogP) is 1.55. The number of fused-ring (bicyclic) bond motifs is 1. The number of benzene rings is 1. The molecule has 1 N–H and O–H groups in total. The number of Topliss-reactive ketones (excluding diaryl/α,β-unsaturated/α-hetero) is 2. The van der Waals surface area contributed by atoms with E-state index in [-0.39, 0.29) is 29.1 Å². The highest BCUT2D eigenvalue weighted by molar-refractivity contribution is 6.52. The van der Waals surface area contributed by atoms with Crippen molar-refractivity contribution in [3.05, 3.63) is 41.1 Å². The third kappa shape index (κ3) is 1.93. The van der Waals surface area contributed by atoms with E-state index in [0.29, 0.717) is 0 Å². The van der Waals surface area contributed by atoms with E-state index in [1.54, 1.807) is 25.1 Å². The Morgan fingerprint density at radius 2 is 1.74 bits per heavy atom. The Morgan fingerprint density at radius 1 is 1.16 bits per heavy atom. The van der Waals surface area contributed by atoms with Crippen LogP contribution in [0.25, 0.3) is 5.76 Å². The summed E-state index contributed by atoms with van der Waals surface area (Å²) in [5.74, 6) is -2.28. The van der Waals surface area contributed by atoms with Gasteiger partial charge in [0.25, 0.3) is 5.78 Å². The first-order chi connectivity index (χ1) is 8.99. The average Bonchev–Trinajstić information content (AvgIpc) is 2.40. The lowest BCUT2D eigenvalue weighted by Gasteiger charge is -2.25. The van der Waals surface area contributed by atoms with E-state index in [0.717, 1.165) is 4.90 Å². The van der Waals surface area contributed by atoms with Crippen LogP contribution in [0.3, 0.4) is 0 Å². The van der Waals surface area contributed by atoms with Crippen LogP contribution in [0.2, 0.25) is 0 Å². The normalized spacial score (nSPS) is 14.4. The quantitative estimate of drug-likeness (QED) is 0.818. The summed E-state index contributed by atoms with van der Waals surface area (Å²) in [7, 11) is 0. The van der Waals surface area contributed by atoms with Gasteiger partial charge in [0.2, 0.25) is 11.7 Å². The monoisotopic (exact) mass is 259 g/mol. The molecule has 2 rings (SSSR count). The number of aliphatic hydroxyl groups excluding tert-OH is 1. The largest absolute Gasteiger partial charge is 0.505 e. The minimum Gasteiger partial charge on any atom is -0.505 e. The van der Waals surface area contributed by atoms with Crippen LogP contribution >= 0.6 is 0 Å². The number of carbonyl (C=O) groups is 3. The van der Waals surface area contributed by atoms with Crippen molar-refractivity contribution in [2.75, 3.05) is 6.54 Å². The minimum absolute atomic E-state index is 0.161. The maximum Gasteiger partial charge on any atom is 0.253 e. The number of hydrogen-bond donors (Lipinski definition) is 1. The summed E-state index contributed by atoms with van der Waals surface area (Å²) in [5, 5.41) is 10.2. The molecule has 0 aromatic heterocycles. The van der Waals surface area contributed by atoms with Gasteiger partial charge in [0.1, 0.15) is 5.70 Å². The van der Waals surface area contributed by atoms with Gasteiger partial charge in [0, 0.05) is 24.6 Å². The third-order valence-electron chi connectivity index (χ3n) is 3.04. The zero-order chi connectivity index (χ0) is 14.2. The number of amides is 1. The SMILES string of the molecule is CCN(C(C)=O)C1=C(O)c2ccccc2C(=O)C1=O. The Bertz CT molecular complexity index is 616. The zero-order valence-corrected chi connectivity index (χ0v) is 10.6. The molecule has 0 bridgehead atoms. The molecule has 0 saturated heterocycles. The summed E-state index contributed by atoms with van der Waals surface area (Å²) in [5.41, 5.74) is 0.203. The Labute approximate surface area is 110 Å². The molecule has 0 radical (unpaired) electrons. The number of rotatable bonds is 2. The van der Waals surface area contributed by atoms with Crippen molar-refractivity contribution in [1.82, 2.24) is 4.90 Å². The molecular formula is C14H13NO4. The molecule has 1 aliphatic rings. The molecule has 0 aliphatic heterocycles. The summed E-state index contributed by atoms with van der Waals surface area (Å²) in [6, 6.07) is 6.29. The number of allylic oxidation sites excluding steroid dienone is 1. The molecule has 19 heavy (non-hydrogen) atoms. The highest BCUT2D eigenvalue weighted by atomic mass is 16.3. The van der Waals surface area contributed by atoms with E-state index < -0.39 is 17.5 Å². The molecule has 0 atom stereocenters.